The van der Waals surface area contributed by atoms with Crippen molar-refractivity contribution in [1.29, 1.82) is 0 Å². The van der Waals surface area contributed by atoms with Crippen LogP contribution in [-0.2, 0) is 0 Å². The van der Waals surface area contributed by atoms with Gasteiger partial charge in [-0.1, -0.05) is 18.2 Å². The van der Waals surface area contributed by atoms with E-state index < -0.39 is 6.10 Å². The lowest BCUT2D eigenvalue weighted by Crippen LogP contribution is -2.33. The zero-order chi connectivity index (χ0) is 11.4. The predicted molar refractivity (Wildman–Crippen MR) is 63.5 cm³/mol. The van der Waals surface area contributed by atoms with Gasteiger partial charge in [-0.25, -0.2) is 0 Å². The molecule has 0 amide bonds. The van der Waals surface area contributed by atoms with Gasteiger partial charge in [-0.3, -0.25) is 0 Å². The average Bonchev–Trinajstić information content (AvgIpc) is 2.39. The second-order valence-electron chi connectivity index (χ2n) is 4.29. The van der Waals surface area contributed by atoms with Crippen LogP contribution in [0.25, 0.3) is 0 Å². The fourth-order valence-corrected chi connectivity index (χ4v) is 2.31. The first-order chi connectivity index (χ1) is 7.83. The van der Waals surface area contributed by atoms with Crippen LogP contribution >= 0.6 is 0 Å². The summed E-state index contributed by atoms with van der Waals surface area (Å²) in [6, 6.07) is 7.71. The molecule has 1 aliphatic heterocycles. The zero-order valence-corrected chi connectivity index (χ0v) is 9.65. The number of piperidine rings is 1. The molecule has 1 aromatic rings. The van der Waals surface area contributed by atoms with Gasteiger partial charge in [0.2, 0.25) is 0 Å². The highest BCUT2D eigenvalue weighted by molar-refractivity contribution is 5.35. The number of hydrogen-bond acceptors (Lipinski definition) is 3. The molecule has 2 unspecified atom stereocenters. The summed E-state index contributed by atoms with van der Waals surface area (Å²) in [6.45, 7) is 1.95. The first-order valence-electron chi connectivity index (χ1n) is 5.84. The summed E-state index contributed by atoms with van der Waals surface area (Å²) in [7, 11) is 1.64. The van der Waals surface area contributed by atoms with Gasteiger partial charge in [0, 0.05) is 18.0 Å². The molecule has 16 heavy (non-hydrogen) atoms. The third-order valence-corrected chi connectivity index (χ3v) is 3.24. The van der Waals surface area contributed by atoms with Crippen molar-refractivity contribution < 1.29 is 9.84 Å². The van der Waals surface area contributed by atoms with Gasteiger partial charge < -0.3 is 15.2 Å². The summed E-state index contributed by atoms with van der Waals surface area (Å²) in [6.07, 6.45) is 1.78. The van der Waals surface area contributed by atoms with Gasteiger partial charge in [0.25, 0.3) is 0 Å². The lowest BCUT2D eigenvalue weighted by molar-refractivity contribution is 0.0897. The molecule has 3 heteroatoms. The van der Waals surface area contributed by atoms with Crippen molar-refractivity contribution in [1.82, 2.24) is 5.32 Å². The van der Waals surface area contributed by atoms with Crippen molar-refractivity contribution >= 4 is 0 Å². The van der Waals surface area contributed by atoms with Gasteiger partial charge in [0.05, 0.1) is 13.2 Å². The van der Waals surface area contributed by atoms with E-state index in [-0.39, 0.29) is 0 Å². The van der Waals surface area contributed by atoms with Crippen LogP contribution in [0.15, 0.2) is 24.3 Å². The van der Waals surface area contributed by atoms with E-state index in [0.29, 0.717) is 5.92 Å². The summed E-state index contributed by atoms with van der Waals surface area (Å²) < 4.78 is 5.28. The molecule has 1 heterocycles. The molecule has 0 spiro atoms. The maximum absolute atomic E-state index is 10.3. The Hall–Kier alpha value is -1.06. The topological polar surface area (TPSA) is 41.5 Å². The van der Waals surface area contributed by atoms with E-state index in [1.165, 1.54) is 0 Å². The molecule has 1 saturated heterocycles. The average molecular weight is 221 g/mol. The summed E-state index contributed by atoms with van der Waals surface area (Å²) >= 11 is 0. The van der Waals surface area contributed by atoms with Crippen molar-refractivity contribution in [2.75, 3.05) is 20.2 Å². The first kappa shape index (κ1) is 11.4. The molecule has 88 valence electrons. The van der Waals surface area contributed by atoms with Crippen molar-refractivity contribution in [3.63, 3.8) is 0 Å². The fourth-order valence-electron chi connectivity index (χ4n) is 2.31. The Labute approximate surface area is 96.4 Å². The Bertz CT molecular complexity index is 334. The summed E-state index contributed by atoms with van der Waals surface area (Å²) in [5.74, 6) is 1.07. The van der Waals surface area contributed by atoms with Gasteiger partial charge in [-0.2, -0.15) is 0 Å². The quantitative estimate of drug-likeness (QED) is 0.816. The number of aliphatic hydroxyl groups excluding tert-OH is 1. The van der Waals surface area contributed by atoms with E-state index in [1.807, 2.05) is 24.3 Å². The lowest BCUT2D eigenvalue weighted by Gasteiger charge is -2.28. The van der Waals surface area contributed by atoms with Crippen LogP contribution in [-0.4, -0.2) is 25.3 Å². The number of ether oxygens (including phenoxy) is 1. The third kappa shape index (κ3) is 2.36. The van der Waals surface area contributed by atoms with Crippen molar-refractivity contribution in [3.05, 3.63) is 29.8 Å². The van der Waals surface area contributed by atoms with Gasteiger partial charge in [0.15, 0.2) is 0 Å². The number of methoxy groups -OCH3 is 1. The highest BCUT2D eigenvalue weighted by Gasteiger charge is 2.24. The second kappa shape index (κ2) is 5.32. The van der Waals surface area contributed by atoms with E-state index in [1.54, 1.807) is 7.11 Å². The number of aliphatic hydroxyl groups is 1. The molecule has 2 atom stereocenters. The van der Waals surface area contributed by atoms with Crippen molar-refractivity contribution in [3.8, 4) is 5.75 Å². The lowest BCUT2D eigenvalue weighted by atomic mass is 9.89. The number of rotatable bonds is 3. The van der Waals surface area contributed by atoms with Crippen LogP contribution in [0, 0.1) is 5.92 Å². The van der Waals surface area contributed by atoms with E-state index in [9.17, 15) is 5.11 Å². The Morgan fingerprint density at radius 2 is 2.25 bits per heavy atom. The van der Waals surface area contributed by atoms with Crippen LogP contribution in [0.2, 0.25) is 0 Å². The van der Waals surface area contributed by atoms with Gasteiger partial charge in [0.1, 0.15) is 5.75 Å². The van der Waals surface area contributed by atoms with E-state index >= 15 is 0 Å². The normalized spacial score (nSPS) is 22.8. The molecule has 1 fully saturated rings. The molecule has 0 saturated carbocycles. The number of nitrogens with one attached hydrogen (secondary N) is 1. The number of hydrogen-bond donors (Lipinski definition) is 2. The van der Waals surface area contributed by atoms with Gasteiger partial charge >= 0.3 is 0 Å². The Kier molecular flexibility index (Phi) is 3.80. The van der Waals surface area contributed by atoms with E-state index in [2.05, 4.69) is 5.32 Å². The molecule has 0 aromatic heterocycles. The molecule has 1 aromatic carbocycles. The minimum absolute atomic E-state index is 0.296. The highest BCUT2D eigenvalue weighted by atomic mass is 16.5. The predicted octanol–water partition coefficient (Wildman–Crippen LogP) is 1.73. The molecular formula is C13H19NO2. The SMILES string of the molecule is COc1ccccc1C(O)C1CCCNC1. The number of benzene rings is 1. The summed E-state index contributed by atoms with van der Waals surface area (Å²) in [4.78, 5) is 0. The minimum Gasteiger partial charge on any atom is -0.496 e. The molecule has 0 aliphatic carbocycles. The zero-order valence-electron chi connectivity index (χ0n) is 9.65. The highest BCUT2D eigenvalue weighted by Crippen LogP contribution is 2.32. The van der Waals surface area contributed by atoms with Crippen LogP contribution in [0.5, 0.6) is 5.75 Å². The van der Waals surface area contributed by atoms with Crippen LogP contribution in [0.4, 0.5) is 0 Å². The van der Waals surface area contributed by atoms with E-state index in [4.69, 9.17) is 4.74 Å². The van der Waals surface area contributed by atoms with Crippen molar-refractivity contribution in [2.24, 2.45) is 5.92 Å². The molecule has 2 N–H and O–H groups in total. The van der Waals surface area contributed by atoms with Crippen LogP contribution in [0.1, 0.15) is 24.5 Å². The molecule has 0 bridgehead atoms. The Morgan fingerprint density at radius 3 is 2.94 bits per heavy atom. The maximum atomic E-state index is 10.3. The molecule has 3 nitrogen and oxygen atoms in total. The summed E-state index contributed by atoms with van der Waals surface area (Å²) in [5.41, 5.74) is 0.902. The third-order valence-electron chi connectivity index (χ3n) is 3.24. The molecule has 2 rings (SSSR count). The Balaban J connectivity index is 2.15. The molecule has 0 radical (unpaired) electrons. The smallest absolute Gasteiger partial charge is 0.124 e. The van der Waals surface area contributed by atoms with Gasteiger partial charge in [-0.15, -0.1) is 0 Å². The summed E-state index contributed by atoms with van der Waals surface area (Å²) in [5, 5.41) is 13.7. The monoisotopic (exact) mass is 221 g/mol. The Morgan fingerprint density at radius 1 is 1.44 bits per heavy atom. The minimum atomic E-state index is -0.427. The molecular weight excluding hydrogens is 202 g/mol. The number of para-hydroxylation sites is 1. The van der Waals surface area contributed by atoms with Gasteiger partial charge in [-0.05, 0) is 25.5 Å². The van der Waals surface area contributed by atoms with Crippen molar-refractivity contribution in [2.45, 2.75) is 18.9 Å². The maximum Gasteiger partial charge on any atom is 0.124 e. The van der Waals surface area contributed by atoms with Crippen LogP contribution in [0.3, 0.4) is 0 Å². The first-order valence-corrected chi connectivity index (χ1v) is 5.84. The van der Waals surface area contributed by atoms with E-state index in [0.717, 1.165) is 37.2 Å². The van der Waals surface area contributed by atoms with Crippen LogP contribution < -0.4 is 10.1 Å². The standard InChI is InChI=1S/C13H19NO2/c1-16-12-7-3-2-6-11(12)13(15)10-5-4-8-14-9-10/h2-3,6-7,10,13-15H,4-5,8-9H2,1H3. The largest absolute Gasteiger partial charge is 0.496 e. The fraction of sp³-hybridized carbons (Fsp3) is 0.538. The second-order valence-corrected chi connectivity index (χ2v) is 4.29. The molecule has 1 aliphatic rings.